The number of hydrogen-bond acceptors (Lipinski definition) is 0. The molecule has 0 radical (unpaired) electrons. The first-order valence-electron chi connectivity index (χ1n) is 6.68. The maximum Gasteiger partial charge on any atom is -1.00 e. The zero-order valence-electron chi connectivity index (χ0n) is 12.0. The standard InChI is InChI=1S/C11H11.C5H5.CH3.2ClH.Zr/c1-8-3-5-10-6-4-9(2)11(10)7-8;1-2-4-5-3-1;;;;/h3,5-7,9H,1-2H3;1-5H;1H3;2*1H;/q;;;;;+2/p-2. The Morgan fingerprint density at radius 2 is 1.70 bits per heavy atom. The van der Waals surface area contributed by atoms with Gasteiger partial charge in [0, 0.05) is 0 Å². The Balaban J connectivity index is 0.000001000. The first-order valence-corrected chi connectivity index (χ1v) is 11.8. The number of halogens is 2. The van der Waals surface area contributed by atoms with Gasteiger partial charge >= 0.3 is 118 Å². The van der Waals surface area contributed by atoms with Crippen LogP contribution in [0.5, 0.6) is 0 Å². The van der Waals surface area contributed by atoms with Crippen LogP contribution in [0.2, 0.25) is 8.26 Å². The second kappa shape index (κ2) is 7.25. The molecule has 0 spiro atoms. The Labute approximate surface area is 142 Å². The van der Waals surface area contributed by atoms with Crippen molar-refractivity contribution in [3.05, 3.63) is 62.5 Å². The molecule has 0 saturated heterocycles. The molecule has 3 heteroatoms. The number of aryl methyl sites for hydroxylation is 1. The smallest absolute Gasteiger partial charge is 1.00 e. The number of rotatable bonds is 2. The van der Waals surface area contributed by atoms with Crippen molar-refractivity contribution in [2.75, 3.05) is 0 Å². The van der Waals surface area contributed by atoms with Crippen LogP contribution in [0.1, 0.15) is 29.5 Å². The summed E-state index contributed by atoms with van der Waals surface area (Å²) in [4.78, 5) is 0. The van der Waals surface area contributed by atoms with E-state index in [4.69, 9.17) is 0 Å². The van der Waals surface area contributed by atoms with Gasteiger partial charge in [-0.25, -0.2) is 0 Å². The SMILES string of the molecule is Cc1ccc2c(c1)C(C)[C]([Zr+2]([CH3])[CH]1C=CC=C1)=C2.[Cl-].[Cl-]. The quantitative estimate of drug-likeness (QED) is 0.616. The minimum atomic E-state index is -1.50. The maximum atomic E-state index is 2.55. The molecular formula is C17H19Cl2Zr. The van der Waals surface area contributed by atoms with Gasteiger partial charge in [0.05, 0.1) is 0 Å². The zero-order valence-corrected chi connectivity index (χ0v) is 16.0. The summed E-state index contributed by atoms with van der Waals surface area (Å²) in [6.45, 7) is 4.59. The van der Waals surface area contributed by atoms with E-state index in [0.29, 0.717) is 5.92 Å². The Kier molecular flexibility index (Phi) is 6.51. The van der Waals surface area contributed by atoms with Crippen LogP contribution in [0, 0.1) is 6.92 Å². The first-order chi connectivity index (χ1) is 8.66. The minimum Gasteiger partial charge on any atom is -1.00 e. The molecule has 0 bridgehead atoms. The van der Waals surface area contributed by atoms with Gasteiger partial charge in [0.1, 0.15) is 0 Å². The van der Waals surface area contributed by atoms with Crippen LogP contribution in [-0.4, -0.2) is 0 Å². The van der Waals surface area contributed by atoms with E-state index in [2.05, 4.69) is 67.1 Å². The van der Waals surface area contributed by atoms with E-state index in [0.717, 1.165) is 3.63 Å². The fourth-order valence-corrected chi connectivity index (χ4v) is 8.94. The number of benzene rings is 1. The largest absolute Gasteiger partial charge is 1.00 e. The summed E-state index contributed by atoms with van der Waals surface area (Å²) in [6.07, 6.45) is 11.7. The Bertz CT molecular complexity index is 560. The van der Waals surface area contributed by atoms with E-state index in [1.165, 1.54) is 11.1 Å². The molecule has 20 heavy (non-hydrogen) atoms. The minimum absolute atomic E-state index is 0. The third kappa shape index (κ3) is 3.21. The fourth-order valence-electron chi connectivity index (χ4n) is 3.03. The molecule has 2 aliphatic rings. The summed E-state index contributed by atoms with van der Waals surface area (Å²) in [5.41, 5.74) is 4.40. The Morgan fingerprint density at radius 3 is 2.35 bits per heavy atom. The van der Waals surface area contributed by atoms with Crippen LogP contribution in [0.4, 0.5) is 0 Å². The van der Waals surface area contributed by atoms with E-state index in [9.17, 15) is 0 Å². The van der Waals surface area contributed by atoms with Gasteiger partial charge in [-0.1, -0.05) is 0 Å². The Hall–Kier alpha value is -0.0969. The molecule has 0 nitrogen and oxygen atoms in total. The average Bonchev–Trinajstić information content (AvgIpc) is 2.98. The molecule has 1 unspecified atom stereocenters. The van der Waals surface area contributed by atoms with E-state index in [-0.39, 0.29) is 24.8 Å². The predicted octanol–water partition coefficient (Wildman–Crippen LogP) is -0.958. The predicted molar refractivity (Wildman–Crippen MR) is 75.5 cm³/mol. The van der Waals surface area contributed by atoms with Crippen LogP contribution in [0.25, 0.3) is 6.08 Å². The number of allylic oxidation sites excluding steroid dienone is 5. The molecule has 3 rings (SSSR count). The van der Waals surface area contributed by atoms with Crippen LogP contribution in [0.3, 0.4) is 0 Å². The van der Waals surface area contributed by atoms with Crippen LogP contribution in [-0.2, 0) is 21.8 Å². The fraction of sp³-hybridized carbons (Fsp3) is 0.294. The topological polar surface area (TPSA) is 0 Å². The third-order valence-corrected chi connectivity index (χ3v) is 11.3. The molecular weight excluding hydrogens is 366 g/mol. The molecule has 0 saturated carbocycles. The number of hydrogen-bond donors (Lipinski definition) is 0. The average molecular weight is 385 g/mol. The molecule has 1 aromatic carbocycles. The summed E-state index contributed by atoms with van der Waals surface area (Å²) in [5, 5.41) is 0. The third-order valence-electron chi connectivity index (χ3n) is 4.19. The van der Waals surface area contributed by atoms with Gasteiger partial charge < -0.3 is 24.8 Å². The van der Waals surface area contributed by atoms with E-state index in [1.54, 1.807) is 8.84 Å². The first kappa shape index (κ1) is 18.0. The van der Waals surface area contributed by atoms with Gasteiger partial charge in [-0.15, -0.1) is 0 Å². The van der Waals surface area contributed by atoms with Crippen molar-refractivity contribution in [1.82, 2.24) is 0 Å². The summed E-state index contributed by atoms with van der Waals surface area (Å²) >= 11 is -1.50. The summed E-state index contributed by atoms with van der Waals surface area (Å²) in [7, 11) is 0. The van der Waals surface area contributed by atoms with E-state index in [1.807, 2.05) is 0 Å². The van der Waals surface area contributed by atoms with Crippen LogP contribution >= 0.6 is 0 Å². The monoisotopic (exact) mass is 383 g/mol. The van der Waals surface area contributed by atoms with Crippen LogP contribution in [0.15, 0.2) is 45.8 Å². The normalized spacial score (nSPS) is 19.1. The maximum absolute atomic E-state index is 2.55. The van der Waals surface area contributed by atoms with Crippen molar-refractivity contribution in [1.29, 1.82) is 0 Å². The Morgan fingerprint density at radius 1 is 1.05 bits per heavy atom. The molecule has 105 valence electrons. The second-order valence-electron chi connectivity index (χ2n) is 5.43. The van der Waals surface area contributed by atoms with Gasteiger partial charge in [-0.05, 0) is 0 Å². The molecule has 0 fully saturated rings. The zero-order chi connectivity index (χ0) is 12.7. The van der Waals surface area contributed by atoms with Gasteiger partial charge in [0.25, 0.3) is 0 Å². The molecule has 0 N–H and O–H groups in total. The van der Waals surface area contributed by atoms with Gasteiger partial charge in [0.15, 0.2) is 0 Å². The summed E-state index contributed by atoms with van der Waals surface area (Å²) < 4.78 is 5.10. The van der Waals surface area contributed by atoms with Gasteiger partial charge in [-0.3, -0.25) is 0 Å². The van der Waals surface area contributed by atoms with Crippen molar-refractivity contribution >= 4 is 6.08 Å². The molecule has 2 aliphatic carbocycles. The van der Waals surface area contributed by atoms with Gasteiger partial charge in [0.2, 0.25) is 0 Å². The summed E-state index contributed by atoms with van der Waals surface area (Å²) in [5.74, 6) is 0.654. The summed E-state index contributed by atoms with van der Waals surface area (Å²) in [6, 6.07) is 6.91. The van der Waals surface area contributed by atoms with Crippen molar-refractivity contribution < 1.29 is 46.6 Å². The molecule has 0 aromatic heterocycles. The van der Waals surface area contributed by atoms with Crippen molar-refractivity contribution in [3.63, 3.8) is 0 Å². The van der Waals surface area contributed by atoms with E-state index >= 15 is 0 Å². The number of fused-ring (bicyclic) bond motifs is 1. The van der Waals surface area contributed by atoms with Gasteiger partial charge in [-0.2, -0.15) is 0 Å². The molecule has 1 aromatic rings. The molecule has 0 amide bonds. The van der Waals surface area contributed by atoms with E-state index < -0.39 is 21.8 Å². The second-order valence-corrected chi connectivity index (χ2v) is 11.8. The molecule has 1 atom stereocenters. The van der Waals surface area contributed by atoms with Crippen molar-refractivity contribution in [2.45, 2.75) is 28.0 Å². The van der Waals surface area contributed by atoms with Crippen molar-refractivity contribution in [2.24, 2.45) is 0 Å². The molecule has 0 heterocycles. The van der Waals surface area contributed by atoms with Crippen LogP contribution < -0.4 is 24.8 Å². The van der Waals surface area contributed by atoms with Crippen molar-refractivity contribution in [3.8, 4) is 0 Å². The molecule has 0 aliphatic heterocycles.